The minimum absolute atomic E-state index is 0.199. The van der Waals surface area contributed by atoms with Crippen LogP contribution >= 0.6 is 0 Å². The van der Waals surface area contributed by atoms with Crippen LogP contribution in [0.25, 0.3) is 0 Å². The van der Waals surface area contributed by atoms with Gasteiger partial charge in [-0.3, -0.25) is 0 Å². The average Bonchev–Trinajstić information content (AvgIpc) is 2.95. The summed E-state index contributed by atoms with van der Waals surface area (Å²) in [5, 5.41) is 9.82. The zero-order chi connectivity index (χ0) is 11.6. The average molecular weight is 220 g/mol. The van der Waals surface area contributed by atoms with Crippen LogP contribution in [-0.2, 0) is 6.42 Å². The molecule has 1 aromatic carbocycles. The Kier molecular flexibility index (Phi) is 3.20. The van der Waals surface area contributed by atoms with Gasteiger partial charge in [-0.1, -0.05) is 18.2 Å². The van der Waals surface area contributed by atoms with Gasteiger partial charge in [0.25, 0.3) is 0 Å². The largest absolute Gasteiger partial charge is 0.491 e. The lowest BCUT2D eigenvalue weighted by Crippen LogP contribution is -2.10. The second-order valence-electron chi connectivity index (χ2n) is 5.00. The Bertz CT molecular complexity index is 354. The molecule has 1 aromatic rings. The van der Waals surface area contributed by atoms with Crippen molar-refractivity contribution < 1.29 is 9.84 Å². The molecule has 16 heavy (non-hydrogen) atoms. The number of benzene rings is 1. The molecule has 1 aliphatic rings. The quantitative estimate of drug-likeness (QED) is 0.826. The maximum absolute atomic E-state index is 9.82. The maximum atomic E-state index is 9.82. The summed E-state index contributed by atoms with van der Waals surface area (Å²) in [5.74, 6) is 0.960. The molecule has 0 aliphatic heterocycles. The smallest absolute Gasteiger partial charge is 0.122 e. The summed E-state index contributed by atoms with van der Waals surface area (Å²) >= 11 is 0. The fraction of sp³-hybridized carbons (Fsp3) is 0.571. The van der Waals surface area contributed by atoms with Crippen LogP contribution in [0.15, 0.2) is 24.3 Å². The monoisotopic (exact) mass is 220 g/mol. The molecule has 1 N–H and O–H groups in total. The van der Waals surface area contributed by atoms with Gasteiger partial charge in [-0.05, 0) is 51.2 Å². The zero-order valence-electron chi connectivity index (χ0n) is 10.1. The van der Waals surface area contributed by atoms with Gasteiger partial charge in [0, 0.05) is 0 Å². The first-order chi connectivity index (χ1) is 7.59. The zero-order valence-corrected chi connectivity index (χ0v) is 10.1. The van der Waals surface area contributed by atoms with Crippen LogP contribution < -0.4 is 4.74 Å². The molecule has 0 bridgehead atoms. The van der Waals surface area contributed by atoms with E-state index in [4.69, 9.17) is 4.74 Å². The Morgan fingerprint density at radius 3 is 2.62 bits per heavy atom. The third-order valence-corrected chi connectivity index (χ3v) is 3.02. The van der Waals surface area contributed by atoms with Gasteiger partial charge in [-0.15, -0.1) is 0 Å². The van der Waals surface area contributed by atoms with E-state index in [9.17, 15) is 5.11 Å². The minimum Gasteiger partial charge on any atom is -0.491 e. The van der Waals surface area contributed by atoms with Crippen molar-refractivity contribution in [3.05, 3.63) is 29.8 Å². The number of rotatable bonds is 5. The van der Waals surface area contributed by atoms with E-state index in [1.165, 1.54) is 5.56 Å². The molecule has 2 heteroatoms. The molecule has 0 aromatic heterocycles. The van der Waals surface area contributed by atoms with E-state index in [0.717, 1.165) is 31.4 Å². The normalized spacial score (nSPS) is 17.5. The Balaban J connectivity index is 2.01. The van der Waals surface area contributed by atoms with Crippen LogP contribution in [0.4, 0.5) is 0 Å². The van der Waals surface area contributed by atoms with Gasteiger partial charge in [0.2, 0.25) is 0 Å². The Morgan fingerprint density at radius 1 is 1.31 bits per heavy atom. The number of hydrogen-bond donors (Lipinski definition) is 1. The molecule has 0 radical (unpaired) electrons. The van der Waals surface area contributed by atoms with Gasteiger partial charge in [0.05, 0.1) is 11.7 Å². The predicted octanol–water partition coefficient (Wildman–Crippen LogP) is 2.93. The molecule has 1 aliphatic carbocycles. The lowest BCUT2D eigenvalue weighted by molar-refractivity contribution is 0.140. The Morgan fingerprint density at radius 2 is 2.00 bits per heavy atom. The van der Waals surface area contributed by atoms with Crippen LogP contribution in [0.3, 0.4) is 0 Å². The molecule has 2 rings (SSSR count). The van der Waals surface area contributed by atoms with Gasteiger partial charge < -0.3 is 9.84 Å². The molecule has 0 atom stereocenters. The molecule has 0 saturated heterocycles. The van der Waals surface area contributed by atoms with Crippen molar-refractivity contribution in [2.24, 2.45) is 0 Å². The second-order valence-corrected chi connectivity index (χ2v) is 5.00. The highest BCUT2D eigenvalue weighted by Gasteiger charge is 2.39. The van der Waals surface area contributed by atoms with Crippen molar-refractivity contribution in [3.8, 4) is 5.75 Å². The standard InChI is InChI=1S/C14H20O2/c1-11(2)16-13-6-4-3-5-12(13)7-8-14(15)9-10-14/h3-6,11,15H,7-10H2,1-2H3. The van der Waals surface area contributed by atoms with Crippen molar-refractivity contribution in [2.75, 3.05) is 0 Å². The molecule has 88 valence electrons. The van der Waals surface area contributed by atoms with Gasteiger partial charge >= 0.3 is 0 Å². The van der Waals surface area contributed by atoms with Crippen LogP contribution in [0.1, 0.15) is 38.7 Å². The lowest BCUT2D eigenvalue weighted by atomic mass is 10.0. The van der Waals surface area contributed by atoms with E-state index in [-0.39, 0.29) is 11.7 Å². The van der Waals surface area contributed by atoms with Gasteiger partial charge in [-0.2, -0.15) is 0 Å². The Hall–Kier alpha value is -1.02. The van der Waals surface area contributed by atoms with E-state index in [0.29, 0.717) is 0 Å². The molecule has 0 heterocycles. The number of aryl methyl sites for hydroxylation is 1. The summed E-state index contributed by atoms with van der Waals surface area (Å²) in [4.78, 5) is 0. The van der Waals surface area contributed by atoms with Crippen LogP contribution in [-0.4, -0.2) is 16.8 Å². The molecule has 0 spiro atoms. The topological polar surface area (TPSA) is 29.5 Å². The summed E-state index contributed by atoms with van der Waals surface area (Å²) in [5.41, 5.74) is 0.835. The van der Waals surface area contributed by atoms with E-state index >= 15 is 0 Å². The van der Waals surface area contributed by atoms with Gasteiger partial charge in [0.1, 0.15) is 5.75 Å². The molecular weight excluding hydrogens is 200 g/mol. The first kappa shape index (κ1) is 11.5. The summed E-state index contributed by atoms with van der Waals surface area (Å²) < 4.78 is 5.75. The highest BCUT2D eigenvalue weighted by Crippen LogP contribution is 2.39. The fourth-order valence-corrected chi connectivity index (χ4v) is 1.84. The van der Waals surface area contributed by atoms with Crippen LogP contribution in [0, 0.1) is 0 Å². The molecule has 0 amide bonds. The number of aliphatic hydroxyl groups is 1. The number of ether oxygens (including phenoxy) is 1. The highest BCUT2D eigenvalue weighted by molar-refractivity contribution is 5.33. The first-order valence-electron chi connectivity index (χ1n) is 6.06. The van der Waals surface area contributed by atoms with Crippen molar-refractivity contribution >= 4 is 0 Å². The van der Waals surface area contributed by atoms with E-state index in [2.05, 4.69) is 6.07 Å². The molecular formula is C14H20O2. The number of hydrogen-bond acceptors (Lipinski definition) is 2. The first-order valence-corrected chi connectivity index (χ1v) is 6.06. The minimum atomic E-state index is -0.370. The SMILES string of the molecule is CC(C)Oc1ccccc1CCC1(O)CC1. The number of para-hydroxylation sites is 1. The van der Waals surface area contributed by atoms with Gasteiger partial charge in [0.15, 0.2) is 0 Å². The maximum Gasteiger partial charge on any atom is 0.122 e. The molecule has 2 nitrogen and oxygen atoms in total. The summed E-state index contributed by atoms with van der Waals surface area (Å²) in [7, 11) is 0. The van der Waals surface area contributed by atoms with E-state index in [1.54, 1.807) is 0 Å². The van der Waals surface area contributed by atoms with Crippen molar-refractivity contribution in [1.29, 1.82) is 0 Å². The van der Waals surface area contributed by atoms with Gasteiger partial charge in [-0.25, -0.2) is 0 Å². The van der Waals surface area contributed by atoms with Crippen LogP contribution in [0.5, 0.6) is 5.75 Å². The van der Waals surface area contributed by atoms with Crippen molar-refractivity contribution in [2.45, 2.75) is 51.2 Å². The third kappa shape index (κ3) is 2.99. The van der Waals surface area contributed by atoms with Crippen molar-refractivity contribution in [1.82, 2.24) is 0 Å². The molecule has 1 fully saturated rings. The molecule has 1 saturated carbocycles. The summed E-state index contributed by atoms with van der Waals surface area (Å²) in [6.07, 6.45) is 3.87. The predicted molar refractivity (Wildman–Crippen MR) is 64.7 cm³/mol. The summed E-state index contributed by atoms with van der Waals surface area (Å²) in [6.45, 7) is 4.07. The Labute approximate surface area is 97.3 Å². The second kappa shape index (κ2) is 4.46. The summed E-state index contributed by atoms with van der Waals surface area (Å²) in [6, 6.07) is 8.11. The molecule has 0 unspecified atom stereocenters. The van der Waals surface area contributed by atoms with E-state index in [1.807, 2.05) is 32.0 Å². The van der Waals surface area contributed by atoms with Crippen molar-refractivity contribution in [3.63, 3.8) is 0 Å². The third-order valence-electron chi connectivity index (χ3n) is 3.02. The van der Waals surface area contributed by atoms with Crippen LogP contribution in [0.2, 0.25) is 0 Å². The highest BCUT2D eigenvalue weighted by atomic mass is 16.5. The van der Waals surface area contributed by atoms with E-state index < -0.39 is 0 Å². The fourth-order valence-electron chi connectivity index (χ4n) is 1.84. The lowest BCUT2D eigenvalue weighted by Gasteiger charge is -2.15.